The molecule has 0 radical (unpaired) electrons. The number of morpholine rings is 1. The van der Waals surface area contributed by atoms with Crippen LogP contribution in [0.3, 0.4) is 0 Å². The van der Waals surface area contributed by atoms with Gasteiger partial charge in [-0.2, -0.15) is 9.97 Å². The third kappa shape index (κ3) is 5.44. The van der Waals surface area contributed by atoms with Gasteiger partial charge < -0.3 is 20.3 Å². The Bertz CT molecular complexity index is 1210. The first-order chi connectivity index (χ1) is 17.5. The number of imidazole rings is 1. The van der Waals surface area contributed by atoms with Gasteiger partial charge in [-0.25, -0.2) is 13.8 Å². The summed E-state index contributed by atoms with van der Waals surface area (Å²) in [6, 6.07) is 9.07. The first-order valence-electron chi connectivity index (χ1n) is 12.1. The zero-order valence-corrected chi connectivity index (χ0v) is 21.3. The molecule has 5 rings (SSSR count). The average molecular weight is 564 g/mol. The predicted molar refractivity (Wildman–Crippen MR) is 136 cm³/mol. The Morgan fingerprint density at radius 2 is 1.81 bits per heavy atom. The Labute approximate surface area is 215 Å². The fraction of sp³-hybridized carbons (Fsp3) is 0.500. The molecular weight excluding hydrogens is 536 g/mol. The lowest BCUT2D eigenvalue weighted by Gasteiger charge is -2.31. The maximum atomic E-state index is 14.0. The van der Waals surface area contributed by atoms with Crippen LogP contribution in [0, 0.1) is 0 Å². The number of carbonyl (C=O) groups excluding carboxylic acids is 1. The molecule has 36 heavy (non-hydrogen) atoms. The summed E-state index contributed by atoms with van der Waals surface area (Å²) in [5, 5.41) is 6.82. The van der Waals surface area contributed by atoms with Crippen LogP contribution in [-0.2, 0) is 9.53 Å². The molecule has 2 fully saturated rings. The Morgan fingerprint density at radius 3 is 2.53 bits per heavy atom. The minimum atomic E-state index is -2.76. The van der Waals surface area contributed by atoms with Crippen molar-refractivity contribution >= 4 is 44.6 Å². The number of para-hydroxylation sites is 2. The van der Waals surface area contributed by atoms with Gasteiger partial charge in [-0.05, 0) is 37.8 Å². The lowest BCUT2D eigenvalue weighted by Crippen LogP contribution is -2.40. The highest BCUT2D eigenvalue weighted by atomic mass is 79.9. The van der Waals surface area contributed by atoms with Gasteiger partial charge >= 0.3 is 0 Å². The number of ether oxygens (including phenoxy) is 1. The Hall–Kier alpha value is -2.86. The van der Waals surface area contributed by atoms with E-state index in [0.717, 1.165) is 25.7 Å². The third-order valence-corrected chi connectivity index (χ3v) is 7.08. The van der Waals surface area contributed by atoms with Crippen molar-refractivity contribution in [3.8, 4) is 5.82 Å². The molecule has 9 nitrogen and oxygen atoms in total. The number of halogens is 3. The Morgan fingerprint density at radius 1 is 1.08 bits per heavy atom. The van der Waals surface area contributed by atoms with E-state index in [4.69, 9.17) is 14.7 Å². The van der Waals surface area contributed by atoms with Crippen LogP contribution in [-0.4, -0.2) is 69.1 Å². The zero-order valence-electron chi connectivity index (χ0n) is 19.7. The second-order valence-electron chi connectivity index (χ2n) is 9.00. The van der Waals surface area contributed by atoms with E-state index in [1.807, 2.05) is 4.90 Å². The topological polar surface area (TPSA) is 97.2 Å². The van der Waals surface area contributed by atoms with Crippen LogP contribution in [0.1, 0.15) is 37.9 Å². The summed E-state index contributed by atoms with van der Waals surface area (Å²) < 4.78 is 35.0. The number of alkyl halides is 3. The first-order valence-corrected chi connectivity index (χ1v) is 13.2. The highest BCUT2D eigenvalue weighted by Crippen LogP contribution is 2.30. The number of benzene rings is 1. The molecule has 0 spiro atoms. The molecule has 12 heteroatoms. The van der Waals surface area contributed by atoms with E-state index >= 15 is 0 Å². The van der Waals surface area contributed by atoms with Crippen LogP contribution >= 0.6 is 15.9 Å². The number of anilines is 2. The predicted octanol–water partition coefficient (Wildman–Crippen LogP) is 3.82. The van der Waals surface area contributed by atoms with Gasteiger partial charge in [0.15, 0.2) is 5.82 Å². The maximum absolute atomic E-state index is 14.0. The van der Waals surface area contributed by atoms with Gasteiger partial charge in [0.05, 0.1) is 29.6 Å². The lowest BCUT2D eigenvalue weighted by atomic mass is 9.91. The molecule has 2 aromatic heterocycles. The van der Waals surface area contributed by atoms with Crippen molar-refractivity contribution in [3.05, 3.63) is 36.2 Å². The van der Waals surface area contributed by atoms with E-state index in [2.05, 4.69) is 31.5 Å². The molecule has 1 amide bonds. The minimum Gasteiger partial charge on any atom is -0.378 e. The fourth-order valence-electron chi connectivity index (χ4n) is 4.80. The smallest absolute Gasteiger partial charge is 0.296 e. The van der Waals surface area contributed by atoms with Crippen LogP contribution < -0.4 is 15.5 Å². The number of carbonyl (C=O) groups is 1. The first kappa shape index (κ1) is 24.8. The quantitative estimate of drug-likeness (QED) is 0.422. The van der Waals surface area contributed by atoms with Gasteiger partial charge in [0, 0.05) is 31.2 Å². The summed E-state index contributed by atoms with van der Waals surface area (Å²) in [7, 11) is 0. The van der Waals surface area contributed by atoms with E-state index in [0.29, 0.717) is 60.3 Å². The van der Waals surface area contributed by atoms with Gasteiger partial charge in [-0.15, -0.1) is 0 Å². The van der Waals surface area contributed by atoms with Gasteiger partial charge in [-0.1, -0.05) is 28.1 Å². The summed E-state index contributed by atoms with van der Waals surface area (Å²) in [6.45, 7) is 2.34. The number of nitrogens with zero attached hydrogens (tertiary/aromatic N) is 5. The van der Waals surface area contributed by atoms with E-state index in [9.17, 15) is 13.6 Å². The number of aromatic nitrogens is 4. The standard InChI is InChI=1S/C24H28BrF2N7O2/c25-14-21(35)29-16-7-5-15(6-8-16)28-19-13-20(32-24(31-19)33-9-11-36-12-10-33)34-18-4-2-1-3-17(18)30-23(34)22(26)27/h1-4,13,15-16,22H,5-12,14H2,(H,29,35)(H,28,31,32)/t15-,16-. The number of rotatable bonds is 7. The zero-order chi connectivity index (χ0) is 25.1. The van der Waals surface area contributed by atoms with Crippen molar-refractivity contribution in [2.24, 2.45) is 0 Å². The molecule has 2 aliphatic rings. The summed E-state index contributed by atoms with van der Waals surface area (Å²) in [5.74, 6) is 1.03. The molecule has 1 aliphatic carbocycles. The Kier molecular flexibility index (Phi) is 7.61. The molecule has 2 N–H and O–H groups in total. The van der Waals surface area contributed by atoms with Crippen LogP contribution in [0.5, 0.6) is 0 Å². The maximum Gasteiger partial charge on any atom is 0.296 e. The monoisotopic (exact) mass is 563 g/mol. The second kappa shape index (κ2) is 11.0. The summed E-state index contributed by atoms with van der Waals surface area (Å²) >= 11 is 3.19. The molecule has 0 bridgehead atoms. The minimum absolute atomic E-state index is 0.00982. The SMILES string of the molecule is O=C(CBr)N[C@H]1CC[C@H](Nc2cc(-n3c(C(F)F)nc4ccccc43)nc(N3CCOCC3)n2)CC1. The van der Waals surface area contributed by atoms with Crippen molar-refractivity contribution < 1.29 is 18.3 Å². The largest absolute Gasteiger partial charge is 0.378 e. The molecule has 0 unspecified atom stereocenters. The second-order valence-corrected chi connectivity index (χ2v) is 9.56. The molecule has 1 saturated carbocycles. The molecule has 3 heterocycles. The summed E-state index contributed by atoms with van der Waals surface area (Å²) in [4.78, 5) is 27.3. The number of fused-ring (bicyclic) bond motifs is 1. The van der Waals surface area contributed by atoms with Gasteiger partial charge in [0.25, 0.3) is 6.43 Å². The number of hydrogen-bond donors (Lipinski definition) is 2. The van der Waals surface area contributed by atoms with Crippen molar-refractivity contribution in [1.82, 2.24) is 24.8 Å². The van der Waals surface area contributed by atoms with Crippen molar-refractivity contribution in [2.45, 2.75) is 44.2 Å². The van der Waals surface area contributed by atoms with E-state index in [1.54, 1.807) is 30.3 Å². The van der Waals surface area contributed by atoms with Gasteiger partial charge in [0.2, 0.25) is 11.9 Å². The molecular formula is C24H28BrF2N7O2. The van der Waals surface area contributed by atoms with Crippen molar-refractivity contribution in [2.75, 3.05) is 41.9 Å². The summed E-state index contributed by atoms with van der Waals surface area (Å²) in [5.41, 5.74) is 1.05. The van der Waals surface area contributed by atoms with E-state index in [1.165, 1.54) is 4.57 Å². The number of nitrogens with one attached hydrogen (secondary N) is 2. The normalized spacial score (nSPS) is 20.6. The fourth-order valence-corrected chi connectivity index (χ4v) is 4.97. The summed E-state index contributed by atoms with van der Waals surface area (Å²) in [6.07, 6.45) is 0.658. The molecule has 1 aromatic carbocycles. The van der Waals surface area contributed by atoms with Crippen molar-refractivity contribution in [3.63, 3.8) is 0 Å². The van der Waals surface area contributed by atoms with Gasteiger partial charge in [0.1, 0.15) is 11.6 Å². The Balaban J connectivity index is 1.46. The average Bonchev–Trinajstić information content (AvgIpc) is 3.30. The van der Waals surface area contributed by atoms with Crippen LogP contribution in [0.2, 0.25) is 0 Å². The lowest BCUT2D eigenvalue weighted by molar-refractivity contribution is -0.119. The number of hydrogen-bond acceptors (Lipinski definition) is 7. The molecule has 1 saturated heterocycles. The van der Waals surface area contributed by atoms with Crippen LogP contribution in [0.4, 0.5) is 20.5 Å². The molecule has 3 aromatic rings. The molecule has 0 atom stereocenters. The molecule has 1 aliphatic heterocycles. The highest BCUT2D eigenvalue weighted by Gasteiger charge is 2.26. The molecule has 192 valence electrons. The van der Waals surface area contributed by atoms with E-state index in [-0.39, 0.29) is 23.8 Å². The van der Waals surface area contributed by atoms with Gasteiger partial charge in [-0.3, -0.25) is 9.36 Å². The van der Waals surface area contributed by atoms with Crippen LogP contribution in [0.15, 0.2) is 30.3 Å². The van der Waals surface area contributed by atoms with E-state index < -0.39 is 6.43 Å². The van der Waals surface area contributed by atoms with Crippen molar-refractivity contribution in [1.29, 1.82) is 0 Å². The third-order valence-electron chi connectivity index (χ3n) is 6.57. The number of amides is 1. The highest BCUT2D eigenvalue weighted by molar-refractivity contribution is 9.09. The van der Waals surface area contributed by atoms with Crippen LogP contribution in [0.25, 0.3) is 16.9 Å².